The van der Waals surface area contributed by atoms with Crippen molar-refractivity contribution in [3.8, 4) is 0 Å². The largest absolute Gasteiger partial charge is 0.505 e. The molecule has 1 atom stereocenters. The van der Waals surface area contributed by atoms with Crippen molar-refractivity contribution in [2.45, 2.75) is 19.9 Å². The SMILES string of the molecule is Cc1ccc2nc(N3C(=O)C(=O)/C(=C(/O)c4c(C)nc5ccccn45)C3c3cccc(Br)c3)sc2c1. The van der Waals surface area contributed by atoms with E-state index in [1.54, 1.807) is 17.5 Å². The van der Waals surface area contributed by atoms with Crippen molar-refractivity contribution in [2.24, 2.45) is 0 Å². The van der Waals surface area contributed by atoms with Crippen LogP contribution in [0.4, 0.5) is 5.13 Å². The van der Waals surface area contributed by atoms with E-state index in [4.69, 9.17) is 0 Å². The number of amides is 1. The third-order valence-electron chi connectivity index (χ3n) is 6.28. The summed E-state index contributed by atoms with van der Waals surface area (Å²) in [5, 5.41) is 12.0. The topological polar surface area (TPSA) is 87.8 Å². The quantitative estimate of drug-likeness (QED) is 0.168. The van der Waals surface area contributed by atoms with Crippen LogP contribution >= 0.6 is 27.3 Å². The Morgan fingerprint density at radius 3 is 2.67 bits per heavy atom. The molecule has 0 aliphatic carbocycles. The van der Waals surface area contributed by atoms with E-state index in [0.29, 0.717) is 27.7 Å². The zero-order valence-corrected chi connectivity index (χ0v) is 21.7. The number of nitrogens with zero attached hydrogens (tertiary/aromatic N) is 4. The first-order chi connectivity index (χ1) is 17.3. The van der Waals surface area contributed by atoms with Crippen molar-refractivity contribution in [2.75, 3.05) is 4.90 Å². The number of anilines is 1. The van der Waals surface area contributed by atoms with Gasteiger partial charge in [0.1, 0.15) is 11.3 Å². The van der Waals surface area contributed by atoms with E-state index >= 15 is 0 Å². The number of aromatic nitrogens is 3. The summed E-state index contributed by atoms with van der Waals surface area (Å²) in [6.07, 6.45) is 1.77. The molecule has 1 fully saturated rings. The van der Waals surface area contributed by atoms with Crippen LogP contribution in [0.3, 0.4) is 0 Å². The zero-order chi connectivity index (χ0) is 25.1. The van der Waals surface area contributed by atoms with Crippen LogP contribution in [0.15, 0.2) is 76.9 Å². The third-order valence-corrected chi connectivity index (χ3v) is 7.79. The number of rotatable bonds is 3. The highest BCUT2D eigenvalue weighted by atomic mass is 79.9. The van der Waals surface area contributed by atoms with Crippen LogP contribution in [-0.2, 0) is 9.59 Å². The van der Waals surface area contributed by atoms with Crippen molar-refractivity contribution in [3.63, 3.8) is 0 Å². The molecule has 1 aliphatic heterocycles. The molecule has 1 amide bonds. The molecule has 7 nitrogen and oxygen atoms in total. The van der Waals surface area contributed by atoms with E-state index in [-0.39, 0.29) is 11.3 Å². The summed E-state index contributed by atoms with van der Waals surface area (Å²) in [5.41, 5.74) is 4.05. The number of hydrogen-bond acceptors (Lipinski definition) is 6. The number of ketones is 1. The molecule has 5 aromatic rings. The molecule has 1 unspecified atom stereocenters. The number of halogens is 1. The normalized spacial score (nSPS) is 17.5. The Hall–Kier alpha value is -3.82. The summed E-state index contributed by atoms with van der Waals surface area (Å²) in [6, 6.07) is 17.9. The summed E-state index contributed by atoms with van der Waals surface area (Å²) < 4.78 is 3.42. The predicted molar refractivity (Wildman–Crippen MR) is 143 cm³/mol. The minimum absolute atomic E-state index is 0.00212. The summed E-state index contributed by atoms with van der Waals surface area (Å²) >= 11 is 4.84. The van der Waals surface area contributed by atoms with Gasteiger partial charge in [0.25, 0.3) is 5.78 Å². The van der Waals surface area contributed by atoms with Gasteiger partial charge in [-0.15, -0.1) is 0 Å². The van der Waals surface area contributed by atoms with Gasteiger partial charge in [-0.3, -0.25) is 18.9 Å². The summed E-state index contributed by atoms with van der Waals surface area (Å²) in [7, 11) is 0. The van der Waals surface area contributed by atoms with Crippen LogP contribution in [0.2, 0.25) is 0 Å². The van der Waals surface area contributed by atoms with Crippen LogP contribution in [0, 0.1) is 13.8 Å². The molecule has 2 aromatic carbocycles. The van der Waals surface area contributed by atoms with Crippen LogP contribution < -0.4 is 4.90 Å². The average molecular weight is 559 g/mol. The van der Waals surface area contributed by atoms with E-state index in [9.17, 15) is 14.7 Å². The highest BCUT2D eigenvalue weighted by Gasteiger charge is 2.48. The number of benzene rings is 2. The lowest BCUT2D eigenvalue weighted by Gasteiger charge is -2.23. The zero-order valence-electron chi connectivity index (χ0n) is 19.3. The molecule has 0 radical (unpaired) electrons. The van der Waals surface area contributed by atoms with Crippen molar-refractivity contribution >= 4 is 65.7 Å². The second-order valence-corrected chi connectivity index (χ2v) is 10.6. The maximum atomic E-state index is 13.5. The molecule has 0 bridgehead atoms. The predicted octanol–water partition coefficient (Wildman–Crippen LogP) is 5.95. The number of carbonyl (C=O) groups excluding carboxylic acids is 2. The van der Waals surface area contributed by atoms with Crippen LogP contribution in [0.5, 0.6) is 0 Å². The molecule has 1 saturated heterocycles. The minimum atomic E-state index is -0.863. The number of aliphatic hydroxyl groups excluding tert-OH is 1. The molecule has 0 saturated carbocycles. The molecule has 9 heteroatoms. The Kier molecular flexibility index (Phi) is 5.27. The Morgan fingerprint density at radius 1 is 1.03 bits per heavy atom. The lowest BCUT2D eigenvalue weighted by atomic mass is 9.96. The van der Waals surface area contributed by atoms with Gasteiger partial charge in [-0.2, -0.15) is 0 Å². The Bertz CT molecular complexity index is 1750. The molecule has 178 valence electrons. The van der Waals surface area contributed by atoms with Gasteiger partial charge in [0.15, 0.2) is 10.9 Å². The van der Waals surface area contributed by atoms with Gasteiger partial charge in [0, 0.05) is 10.7 Å². The van der Waals surface area contributed by atoms with Gasteiger partial charge >= 0.3 is 5.91 Å². The average Bonchev–Trinajstić information content (AvgIpc) is 3.49. The van der Waals surface area contributed by atoms with E-state index in [2.05, 4.69) is 25.9 Å². The molecule has 0 spiro atoms. The minimum Gasteiger partial charge on any atom is -0.505 e. The number of thiazole rings is 1. The number of aliphatic hydroxyl groups is 1. The molecule has 6 rings (SSSR count). The van der Waals surface area contributed by atoms with Crippen LogP contribution in [-0.4, -0.2) is 31.2 Å². The molecular weight excluding hydrogens is 540 g/mol. The fourth-order valence-electron chi connectivity index (χ4n) is 4.67. The van der Waals surface area contributed by atoms with Crippen molar-refractivity contribution in [3.05, 3.63) is 99.4 Å². The highest BCUT2D eigenvalue weighted by Crippen LogP contribution is 2.45. The fourth-order valence-corrected chi connectivity index (χ4v) is 6.18. The van der Waals surface area contributed by atoms with E-state index in [1.165, 1.54) is 16.2 Å². The fraction of sp³-hybridized carbons (Fsp3) is 0.111. The number of imidazole rings is 1. The maximum Gasteiger partial charge on any atom is 0.301 e. The number of fused-ring (bicyclic) bond motifs is 2. The lowest BCUT2D eigenvalue weighted by molar-refractivity contribution is -0.132. The summed E-state index contributed by atoms with van der Waals surface area (Å²) in [5.74, 6) is -1.77. The van der Waals surface area contributed by atoms with Crippen molar-refractivity contribution in [1.29, 1.82) is 0 Å². The number of aryl methyl sites for hydroxylation is 2. The number of carbonyl (C=O) groups is 2. The van der Waals surface area contributed by atoms with E-state index in [0.717, 1.165) is 20.3 Å². The first kappa shape index (κ1) is 22.6. The Morgan fingerprint density at radius 2 is 1.86 bits per heavy atom. The van der Waals surface area contributed by atoms with E-state index < -0.39 is 17.7 Å². The number of pyridine rings is 1. The maximum absolute atomic E-state index is 13.5. The highest BCUT2D eigenvalue weighted by molar-refractivity contribution is 9.10. The van der Waals surface area contributed by atoms with E-state index in [1.807, 2.05) is 67.6 Å². The van der Waals surface area contributed by atoms with Crippen molar-refractivity contribution in [1.82, 2.24) is 14.4 Å². The van der Waals surface area contributed by atoms with Gasteiger partial charge in [0.2, 0.25) is 0 Å². The second-order valence-electron chi connectivity index (χ2n) is 8.67. The Labute approximate surface area is 218 Å². The smallest absolute Gasteiger partial charge is 0.301 e. The molecule has 1 aliphatic rings. The number of hydrogen-bond donors (Lipinski definition) is 1. The van der Waals surface area contributed by atoms with Crippen LogP contribution in [0.25, 0.3) is 21.6 Å². The summed E-state index contributed by atoms with van der Waals surface area (Å²) in [6.45, 7) is 3.76. The standard InChI is InChI=1S/C27H19BrN4O3S/c1-14-9-10-18-19(12-14)36-27(30-18)32-23(16-6-5-7-17(28)13-16)21(25(34)26(32)35)24(33)22-15(2)29-20-8-3-4-11-31(20)22/h3-13,23,33H,1-2H3/b24-21+. The summed E-state index contributed by atoms with van der Waals surface area (Å²) in [4.78, 5) is 37.6. The second kappa shape index (κ2) is 8.39. The number of Topliss-reactive ketones (excluding diaryl/α,β-unsaturated/α-hetero) is 1. The molecular formula is C27H19BrN4O3S. The lowest BCUT2D eigenvalue weighted by Crippen LogP contribution is -2.29. The Balaban J connectivity index is 1.62. The van der Waals surface area contributed by atoms with Gasteiger partial charge < -0.3 is 5.11 Å². The first-order valence-electron chi connectivity index (χ1n) is 11.2. The van der Waals surface area contributed by atoms with Crippen molar-refractivity contribution < 1.29 is 14.7 Å². The third kappa shape index (κ3) is 3.46. The van der Waals surface area contributed by atoms with Gasteiger partial charge in [0.05, 0.1) is 27.5 Å². The van der Waals surface area contributed by atoms with Crippen LogP contribution in [0.1, 0.15) is 28.6 Å². The van der Waals surface area contributed by atoms with Gasteiger partial charge in [-0.25, -0.2) is 9.97 Å². The first-order valence-corrected chi connectivity index (χ1v) is 12.8. The molecule has 1 N–H and O–H groups in total. The van der Waals surface area contributed by atoms with Gasteiger partial charge in [-0.1, -0.05) is 51.5 Å². The molecule has 4 heterocycles. The molecule has 36 heavy (non-hydrogen) atoms. The van der Waals surface area contributed by atoms with Gasteiger partial charge in [-0.05, 0) is 61.4 Å². The monoisotopic (exact) mass is 558 g/mol. The molecule has 3 aromatic heterocycles.